The molecule has 2 aromatic heterocycles. The molecule has 0 atom stereocenters. The maximum Gasteiger partial charge on any atom is 0.235 e. The smallest absolute Gasteiger partial charge is 0.235 e. The molecule has 0 bridgehead atoms. The Labute approximate surface area is 191 Å². The van der Waals surface area contributed by atoms with Crippen LogP contribution < -0.4 is 10.2 Å². The Kier molecular flexibility index (Phi) is 5.21. The fourth-order valence-corrected chi connectivity index (χ4v) is 3.83. The highest BCUT2D eigenvalue weighted by atomic mass is 35.5. The summed E-state index contributed by atoms with van der Waals surface area (Å²) >= 11 is 12.4. The van der Waals surface area contributed by atoms with Gasteiger partial charge in [0.05, 0.1) is 10.4 Å². The fraction of sp³-hybridized carbons (Fsp3) is 0.0400. The lowest BCUT2D eigenvalue weighted by molar-refractivity contribution is 0.0894. The van der Waals surface area contributed by atoms with E-state index in [9.17, 15) is 9.59 Å². The minimum absolute atomic E-state index is 0.127. The van der Waals surface area contributed by atoms with Gasteiger partial charge in [0, 0.05) is 16.0 Å². The Morgan fingerprint density at radius 1 is 0.875 bits per heavy atom. The third-order valence-corrected chi connectivity index (χ3v) is 5.54. The number of furan rings is 1. The number of rotatable bonds is 5. The summed E-state index contributed by atoms with van der Waals surface area (Å²) in [6.45, 7) is -0.423. The van der Waals surface area contributed by atoms with Gasteiger partial charge in [0.25, 0.3) is 0 Å². The molecule has 7 heteroatoms. The molecule has 0 amide bonds. The van der Waals surface area contributed by atoms with E-state index in [1.165, 1.54) is 6.07 Å². The van der Waals surface area contributed by atoms with Crippen molar-refractivity contribution < 1.29 is 18.4 Å². The Hall–Kier alpha value is -3.54. The maximum atomic E-state index is 13.3. The van der Waals surface area contributed by atoms with Crippen molar-refractivity contribution in [2.24, 2.45) is 0 Å². The lowest BCUT2D eigenvalue weighted by Gasteiger charge is -2.12. The van der Waals surface area contributed by atoms with Gasteiger partial charge < -0.3 is 13.6 Å². The van der Waals surface area contributed by atoms with Crippen LogP contribution in [0.15, 0.2) is 86.4 Å². The molecule has 0 spiro atoms. The normalized spacial score (nSPS) is 11.2. The first-order chi connectivity index (χ1) is 15.5. The summed E-state index contributed by atoms with van der Waals surface area (Å²) < 4.78 is 17.3. The zero-order valence-corrected chi connectivity index (χ0v) is 17.9. The van der Waals surface area contributed by atoms with E-state index in [4.69, 9.17) is 36.8 Å². The third-order valence-electron chi connectivity index (χ3n) is 4.98. The van der Waals surface area contributed by atoms with Crippen molar-refractivity contribution in [3.8, 4) is 17.1 Å². The SMILES string of the molecule is O=C(COc1c(-c2ccccc2Cl)oc2ccc(Cl)cc2c1=O)c1cc2ccccc2o1. The van der Waals surface area contributed by atoms with Crippen LogP contribution in [0.2, 0.25) is 10.0 Å². The molecule has 0 aliphatic rings. The van der Waals surface area contributed by atoms with E-state index in [1.807, 2.05) is 18.2 Å². The van der Waals surface area contributed by atoms with Gasteiger partial charge in [0.15, 0.2) is 18.1 Å². The molecule has 0 aliphatic heterocycles. The number of hydrogen-bond donors (Lipinski definition) is 0. The van der Waals surface area contributed by atoms with Gasteiger partial charge in [-0.05, 0) is 42.5 Å². The number of para-hydroxylation sites is 1. The van der Waals surface area contributed by atoms with Gasteiger partial charge in [0.2, 0.25) is 17.0 Å². The highest BCUT2D eigenvalue weighted by Crippen LogP contribution is 2.35. The highest BCUT2D eigenvalue weighted by Gasteiger charge is 2.22. The lowest BCUT2D eigenvalue weighted by Crippen LogP contribution is -2.16. The Morgan fingerprint density at radius 2 is 1.66 bits per heavy atom. The van der Waals surface area contributed by atoms with Gasteiger partial charge in [0.1, 0.15) is 11.2 Å². The predicted molar refractivity (Wildman–Crippen MR) is 124 cm³/mol. The van der Waals surface area contributed by atoms with Gasteiger partial charge in [-0.25, -0.2) is 0 Å². The van der Waals surface area contributed by atoms with Gasteiger partial charge in [-0.1, -0.05) is 53.5 Å². The van der Waals surface area contributed by atoms with Crippen molar-refractivity contribution in [1.29, 1.82) is 0 Å². The van der Waals surface area contributed by atoms with Crippen LogP contribution in [-0.2, 0) is 0 Å². The number of hydrogen-bond acceptors (Lipinski definition) is 5. The van der Waals surface area contributed by atoms with Crippen LogP contribution in [0.4, 0.5) is 0 Å². The van der Waals surface area contributed by atoms with Gasteiger partial charge in [-0.2, -0.15) is 0 Å². The summed E-state index contributed by atoms with van der Waals surface area (Å²) in [5.41, 5.74) is 0.924. The summed E-state index contributed by atoms with van der Waals surface area (Å²) in [4.78, 5) is 26.0. The third kappa shape index (κ3) is 3.66. The summed E-state index contributed by atoms with van der Waals surface area (Å²) in [7, 11) is 0. The molecular formula is C25H14Cl2O5. The topological polar surface area (TPSA) is 69.7 Å². The summed E-state index contributed by atoms with van der Waals surface area (Å²) in [6.07, 6.45) is 0. The zero-order valence-electron chi connectivity index (χ0n) is 16.4. The van der Waals surface area contributed by atoms with Crippen LogP contribution in [0, 0.1) is 0 Å². The van der Waals surface area contributed by atoms with E-state index in [2.05, 4.69) is 0 Å². The average Bonchev–Trinajstić information content (AvgIpc) is 3.23. The first-order valence-electron chi connectivity index (χ1n) is 9.67. The Morgan fingerprint density at radius 3 is 2.47 bits per heavy atom. The monoisotopic (exact) mass is 464 g/mol. The quantitative estimate of drug-likeness (QED) is 0.268. The molecule has 5 rings (SSSR count). The molecule has 158 valence electrons. The van der Waals surface area contributed by atoms with Gasteiger partial charge in [-0.3, -0.25) is 9.59 Å². The fourth-order valence-electron chi connectivity index (χ4n) is 3.43. The molecule has 5 nitrogen and oxygen atoms in total. The van der Waals surface area contributed by atoms with E-state index in [0.717, 1.165) is 5.39 Å². The average molecular weight is 465 g/mol. The summed E-state index contributed by atoms with van der Waals surface area (Å²) in [5, 5.41) is 1.78. The highest BCUT2D eigenvalue weighted by molar-refractivity contribution is 6.33. The molecule has 32 heavy (non-hydrogen) atoms. The van der Waals surface area contributed by atoms with Crippen LogP contribution >= 0.6 is 23.2 Å². The van der Waals surface area contributed by atoms with Gasteiger partial charge >= 0.3 is 0 Å². The van der Waals surface area contributed by atoms with Crippen molar-refractivity contribution in [3.63, 3.8) is 0 Å². The van der Waals surface area contributed by atoms with Crippen LogP contribution in [-0.4, -0.2) is 12.4 Å². The number of halogens is 2. The van der Waals surface area contributed by atoms with Crippen molar-refractivity contribution in [1.82, 2.24) is 0 Å². The van der Waals surface area contributed by atoms with E-state index in [-0.39, 0.29) is 22.7 Å². The first-order valence-corrected chi connectivity index (χ1v) is 10.4. The number of ether oxygens (including phenoxy) is 1. The molecular weight excluding hydrogens is 451 g/mol. The summed E-state index contributed by atoms with van der Waals surface area (Å²) in [5.74, 6) is -0.277. The number of carbonyl (C=O) groups is 1. The molecule has 0 N–H and O–H groups in total. The molecule has 0 aliphatic carbocycles. The summed E-state index contributed by atoms with van der Waals surface area (Å²) in [6, 6.07) is 20.5. The molecule has 0 radical (unpaired) electrons. The van der Waals surface area contributed by atoms with Crippen LogP contribution in [0.3, 0.4) is 0 Å². The number of carbonyl (C=O) groups excluding carboxylic acids is 1. The standard InChI is InChI=1S/C25H14Cl2O5/c26-15-9-10-21-17(12-15)23(29)25(24(32-21)16-6-2-3-7-18(16)27)30-13-19(28)22-11-14-5-1-4-8-20(14)31-22/h1-12H,13H2. The van der Waals surface area contributed by atoms with E-state index < -0.39 is 17.8 Å². The minimum Gasteiger partial charge on any atom is -0.478 e. The first kappa shape index (κ1) is 20.4. The number of ketones is 1. The molecule has 0 saturated carbocycles. The number of Topliss-reactive ketones (excluding diaryl/α,β-unsaturated/α-hetero) is 1. The number of benzene rings is 3. The molecule has 0 saturated heterocycles. The Bertz CT molecular complexity index is 1510. The van der Waals surface area contributed by atoms with Crippen LogP contribution in [0.25, 0.3) is 33.3 Å². The number of fused-ring (bicyclic) bond motifs is 2. The van der Waals surface area contributed by atoms with E-state index in [1.54, 1.807) is 48.5 Å². The van der Waals surface area contributed by atoms with Crippen molar-refractivity contribution in [2.45, 2.75) is 0 Å². The zero-order chi connectivity index (χ0) is 22.2. The van der Waals surface area contributed by atoms with Gasteiger partial charge in [-0.15, -0.1) is 0 Å². The second-order valence-electron chi connectivity index (χ2n) is 7.07. The van der Waals surface area contributed by atoms with E-state index in [0.29, 0.717) is 26.8 Å². The maximum absolute atomic E-state index is 13.3. The van der Waals surface area contributed by atoms with E-state index >= 15 is 0 Å². The largest absolute Gasteiger partial charge is 0.478 e. The second kappa shape index (κ2) is 8.19. The Balaban J connectivity index is 1.57. The van der Waals surface area contributed by atoms with Crippen molar-refractivity contribution in [2.75, 3.05) is 6.61 Å². The molecule has 0 unspecified atom stereocenters. The lowest BCUT2D eigenvalue weighted by atomic mass is 10.1. The molecule has 0 fully saturated rings. The van der Waals surface area contributed by atoms with Crippen LogP contribution in [0.1, 0.15) is 10.6 Å². The minimum atomic E-state index is -0.457. The van der Waals surface area contributed by atoms with Crippen LogP contribution in [0.5, 0.6) is 5.75 Å². The molecule has 5 aromatic rings. The molecule has 3 aromatic carbocycles. The second-order valence-corrected chi connectivity index (χ2v) is 7.91. The van der Waals surface area contributed by atoms with Crippen molar-refractivity contribution in [3.05, 3.63) is 98.8 Å². The van der Waals surface area contributed by atoms with Crippen molar-refractivity contribution >= 4 is 50.9 Å². The predicted octanol–water partition coefficient (Wildman–Crippen LogP) is 6.77. The molecule has 2 heterocycles.